The van der Waals surface area contributed by atoms with Crippen LogP contribution in [0.3, 0.4) is 0 Å². The first-order chi connectivity index (χ1) is 16.6. The van der Waals surface area contributed by atoms with E-state index in [1.54, 1.807) is 4.57 Å². The topological polar surface area (TPSA) is 92.7 Å². The van der Waals surface area contributed by atoms with Crippen LogP contribution in [0, 0.1) is 11.3 Å². The number of carbonyl (C=O) groups is 1. The predicted octanol–water partition coefficient (Wildman–Crippen LogP) is 4.75. The highest BCUT2D eigenvalue weighted by molar-refractivity contribution is 7.99. The van der Waals surface area contributed by atoms with Gasteiger partial charge in [0.25, 0.3) is 5.56 Å². The number of benzene rings is 1. The summed E-state index contributed by atoms with van der Waals surface area (Å²) in [5.74, 6) is 0.369. The Morgan fingerprint density at radius 1 is 1.24 bits per heavy atom. The summed E-state index contributed by atoms with van der Waals surface area (Å²) in [6.45, 7) is 2.37. The van der Waals surface area contributed by atoms with E-state index < -0.39 is 0 Å². The minimum atomic E-state index is -0.240. The minimum absolute atomic E-state index is 0.0807. The number of nitrogens with one attached hydrogen (secondary N) is 1. The summed E-state index contributed by atoms with van der Waals surface area (Å²) in [6, 6.07) is 14.0. The first-order valence-electron chi connectivity index (χ1n) is 11.2. The molecule has 34 heavy (non-hydrogen) atoms. The van der Waals surface area contributed by atoms with Crippen LogP contribution in [0.25, 0.3) is 15.9 Å². The van der Waals surface area contributed by atoms with Crippen molar-refractivity contribution < 1.29 is 4.79 Å². The van der Waals surface area contributed by atoms with Gasteiger partial charge in [-0.1, -0.05) is 30.0 Å². The molecule has 1 amide bonds. The van der Waals surface area contributed by atoms with Crippen LogP contribution >= 0.6 is 23.1 Å². The number of thiophene rings is 1. The van der Waals surface area contributed by atoms with Crippen LogP contribution in [0.4, 0.5) is 5.82 Å². The number of hydrogen-bond donors (Lipinski definition) is 1. The molecule has 5 rings (SSSR count). The first kappa shape index (κ1) is 22.4. The second kappa shape index (κ2) is 9.49. The Labute approximate surface area is 205 Å². The Morgan fingerprint density at radius 2 is 2.03 bits per heavy atom. The van der Waals surface area contributed by atoms with Gasteiger partial charge in [0.15, 0.2) is 5.16 Å². The number of thioether (sulfide) groups is 1. The van der Waals surface area contributed by atoms with Gasteiger partial charge in [0, 0.05) is 17.9 Å². The number of nitrogens with zero attached hydrogens (tertiary/aromatic N) is 4. The fourth-order valence-electron chi connectivity index (χ4n) is 4.51. The molecule has 9 heteroatoms. The number of anilines is 1. The number of aromatic nitrogens is 3. The highest BCUT2D eigenvalue weighted by atomic mass is 32.2. The van der Waals surface area contributed by atoms with Gasteiger partial charge in [-0.25, -0.2) is 4.98 Å². The average molecular weight is 490 g/mol. The molecule has 4 aromatic rings. The Kier molecular flexibility index (Phi) is 6.26. The van der Waals surface area contributed by atoms with E-state index in [0.717, 1.165) is 42.6 Å². The number of para-hydroxylation sites is 1. The van der Waals surface area contributed by atoms with Gasteiger partial charge < -0.3 is 5.32 Å². The molecule has 1 aromatic carbocycles. The third kappa shape index (κ3) is 3.93. The van der Waals surface area contributed by atoms with E-state index in [-0.39, 0.29) is 17.2 Å². The smallest absolute Gasteiger partial charge is 0.272 e. The van der Waals surface area contributed by atoms with Crippen molar-refractivity contribution in [3.63, 3.8) is 0 Å². The van der Waals surface area contributed by atoms with Crippen LogP contribution in [0.15, 0.2) is 51.7 Å². The Hall–Kier alpha value is -3.35. The average Bonchev–Trinajstić information content (AvgIpc) is 3.45. The SMILES string of the molecule is CCn1c(SCC(=O)Nc2c(C#N)c3c(n2-c2ccccc2)CCCC3)nc2ccsc2c1=O. The van der Waals surface area contributed by atoms with Gasteiger partial charge in [0.1, 0.15) is 16.6 Å². The minimum Gasteiger partial charge on any atom is -0.310 e. The van der Waals surface area contributed by atoms with Crippen molar-refractivity contribution in [2.75, 3.05) is 11.1 Å². The Bertz CT molecular complexity index is 1480. The number of fused-ring (bicyclic) bond motifs is 2. The monoisotopic (exact) mass is 489 g/mol. The van der Waals surface area contributed by atoms with E-state index in [1.165, 1.54) is 23.1 Å². The predicted molar refractivity (Wildman–Crippen MR) is 136 cm³/mol. The van der Waals surface area contributed by atoms with Crippen LogP contribution in [-0.2, 0) is 24.2 Å². The van der Waals surface area contributed by atoms with Gasteiger partial charge in [0.05, 0.1) is 16.8 Å². The summed E-state index contributed by atoms with van der Waals surface area (Å²) >= 11 is 2.61. The van der Waals surface area contributed by atoms with E-state index in [0.29, 0.717) is 33.3 Å². The van der Waals surface area contributed by atoms with E-state index in [9.17, 15) is 14.9 Å². The van der Waals surface area contributed by atoms with Crippen LogP contribution < -0.4 is 10.9 Å². The third-order valence-corrected chi connectivity index (χ3v) is 7.90. The van der Waals surface area contributed by atoms with E-state index in [1.807, 2.05) is 53.3 Å². The lowest BCUT2D eigenvalue weighted by atomic mass is 9.95. The molecule has 0 fully saturated rings. The summed E-state index contributed by atoms with van der Waals surface area (Å²) in [4.78, 5) is 30.4. The van der Waals surface area contributed by atoms with E-state index in [2.05, 4.69) is 16.4 Å². The normalized spacial score (nSPS) is 12.9. The molecule has 7 nitrogen and oxygen atoms in total. The quantitative estimate of drug-likeness (QED) is 0.312. The lowest BCUT2D eigenvalue weighted by Gasteiger charge is -2.17. The summed E-state index contributed by atoms with van der Waals surface area (Å²) in [7, 11) is 0. The zero-order chi connectivity index (χ0) is 23.7. The Balaban J connectivity index is 1.46. The maximum absolute atomic E-state index is 13.1. The maximum Gasteiger partial charge on any atom is 0.272 e. The van der Waals surface area contributed by atoms with Crippen molar-refractivity contribution >= 4 is 45.0 Å². The number of hydrogen-bond acceptors (Lipinski definition) is 6. The largest absolute Gasteiger partial charge is 0.310 e. The van der Waals surface area contributed by atoms with Gasteiger partial charge in [-0.2, -0.15) is 5.26 Å². The fourth-order valence-corrected chi connectivity index (χ4v) is 6.15. The highest BCUT2D eigenvalue weighted by Gasteiger charge is 2.27. The van der Waals surface area contributed by atoms with Gasteiger partial charge in [-0.15, -0.1) is 11.3 Å². The van der Waals surface area contributed by atoms with Crippen molar-refractivity contribution in [1.29, 1.82) is 5.26 Å². The van der Waals surface area contributed by atoms with Crippen molar-refractivity contribution in [3.8, 4) is 11.8 Å². The molecular weight excluding hydrogens is 466 g/mol. The van der Waals surface area contributed by atoms with Crippen LogP contribution in [0.5, 0.6) is 0 Å². The third-order valence-electron chi connectivity index (χ3n) is 6.03. The van der Waals surface area contributed by atoms with Crippen molar-refractivity contribution in [2.24, 2.45) is 0 Å². The number of nitriles is 1. The van der Waals surface area contributed by atoms with Gasteiger partial charge in [0.2, 0.25) is 5.91 Å². The molecule has 0 saturated carbocycles. The zero-order valence-corrected chi connectivity index (χ0v) is 20.3. The van der Waals surface area contributed by atoms with Gasteiger partial charge >= 0.3 is 0 Å². The van der Waals surface area contributed by atoms with E-state index >= 15 is 0 Å². The molecule has 172 valence electrons. The molecule has 1 N–H and O–H groups in total. The molecule has 1 aliphatic rings. The van der Waals surface area contributed by atoms with E-state index in [4.69, 9.17) is 0 Å². The summed E-state index contributed by atoms with van der Waals surface area (Å²) in [5, 5.41) is 15.3. The number of carbonyl (C=O) groups excluding carboxylic acids is 1. The van der Waals surface area contributed by atoms with Crippen molar-refractivity contribution in [3.05, 3.63) is 69.0 Å². The van der Waals surface area contributed by atoms with Crippen LogP contribution in [0.2, 0.25) is 0 Å². The second-order valence-corrected chi connectivity index (χ2v) is 9.91. The molecule has 0 spiro atoms. The second-order valence-electron chi connectivity index (χ2n) is 8.05. The summed E-state index contributed by atoms with van der Waals surface area (Å²) in [6.07, 6.45) is 3.80. The van der Waals surface area contributed by atoms with Crippen molar-refractivity contribution in [2.45, 2.75) is 44.3 Å². The molecule has 0 radical (unpaired) electrons. The molecule has 3 heterocycles. The van der Waals surface area contributed by atoms with Crippen LogP contribution in [0.1, 0.15) is 36.6 Å². The molecular formula is C25H23N5O2S2. The van der Waals surface area contributed by atoms with Gasteiger partial charge in [-0.05, 0) is 61.7 Å². The van der Waals surface area contributed by atoms with Crippen LogP contribution in [-0.4, -0.2) is 25.8 Å². The molecule has 3 aromatic heterocycles. The number of amides is 1. The zero-order valence-electron chi connectivity index (χ0n) is 18.7. The number of rotatable bonds is 6. The first-order valence-corrected chi connectivity index (χ1v) is 13.1. The molecule has 0 unspecified atom stereocenters. The molecule has 1 aliphatic carbocycles. The fraction of sp³-hybridized carbons (Fsp3) is 0.280. The van der Waals surface area contributed by atoms with Crippen molar-refractivity contribution in [1.82, 2.24) is 14.1 Å². The highest BCUT2D eigenvalue weighted by Crippen LogP contribution is 2.35. The molecule has 0 bridgehead atoms. The standard InChI is InChI=1S/C25H23N5O2S2/c1-2-29-24(32)22-19(12-13-33-22)27-25(29)34-15-21(31)28-23-18(14-26)17-10-6-7-11-20(17)30(23)16-8-4-3-5-9-16/h3-5,8-9,12-13H,2,6-7,10-11,15H2,1H3,(H,28,31). The maximum atomic E-state index is 13.1. The molecule has 0 aliphatic heterocycles. The summed E-state index contributed by atoms with van der Waals surface area (Å²) < 4.78 is 4.25. The summed E-state index contributed by atoms with van der Waals surface area (Å²) in [5.41, 5.74) is 4.17. The molecule has 0 atom stereocenters. The lowest BCUT2D eigenvalue weighted by molar-refractivity contribution is -0.113. The van der Waals surface area contributed by atoms with Gasteiger partial charge in [-0.3, -0.25) is 18.7 Å². The Morgan fingerprint density at radius 3 is 2.79 bits per heavy atom. The molecule has 0 saturated heterocycles. The lowest BCUT2D eigenvalue weighted by Crippen LogP contribution is -2.23.